The van der Waals surface area contributed by atoms with E-state index in [0.29, 0.717) is 16.6 Å². The summed E-state index contributed by atoms with van der Waals surface area (Å²) >= 11 is 0. The second-order valence-electron chi connectivity index (χ2n) is 4.28. The topological polar surface area (TPSA) is 43.8 Å². The fourth-order valence-electron chi connectivity index (χ4n) is 2.08. The van der Waals surface area contributed by atoms with Gasteiger partial charge in [0.15, 0.2) is 0 Å². The van der Waals surface area contributed by atoms with Gasteiger partial charge in [0, 0.05) is 5.56 Å². The van der Waals surface area contributed by atoms with Gasteiger partial charge in [-0.3, -0.25) is 0 Å². The SMILES string of the molecule is Nc1nc2ccc(F)cc2n1Cc1ccccc1F. The Morgan fingerprint density at radius 2 is 1.89 bits per heavy atom. The smallest absolute Gasteiger partial charge is 0.201 e. The van der Waals surface area contributed by atoms with Crippen LogP contribution in [0.25, 0.3) is 11.0 Å². The van der Waals surface area contributed by atoms with Crippen molar-refractivity contribution in [3.05, 3.63) is 59.7 Å². The summed E-state index contributed by atoms with van der Waals surface area (Å²) in [5.74, 6) is -0.453. The molecule has 3 aromatic rings. The molecule has 0 atom stereocenters. The van der Waals surface area contributed by atoms with Gasteiger partial charge in [-0.2, -0.15) is 0 Å². The van der Waals surface area contributed by atoms with E-state index in [2.05, 4.69) is 4.98 Å². The van der Waals surface area contributed by atoms with Crippen LogP contribution in [0.15, 0.2) is 42.5 Å². The molecule has 0 aliphatic rings. The molecule has 3 rings (SSSR count). The third-order valence-corrected chi connectivity index (χ3v) is 3.03. The van der Waals surface area contributed by atoms with Gasteiger partial charge in [-0.1, -0.05) is 18.2 Å². The lowest BCUT2D eigenvalue weighted by atomic mass is 10.2. The van der Waals surface area contributed by atoms with E-state index >= 15 is 0 Å². The van der Waals surface area contributed by atoms with Gasteiger partial charge in [0.05, 0.1) is 17.6 Å². The van der Waals surface area contributed by atoms with Crippen molar-refractivity contribution in [2.45, 2.75) is 6.54 Å². The molecule has 0 spiro atoms. The first kappa shape index (κ1) is 11.6. The Hall–Kier alpha value is -2.43. The van der Waals surface area contributed by atoms with Crippen LogP contribution < -0.4 is 5.73 Å². The van der Waals surface area contributed by atoms with E-state index in [4.69, 9.17) is 5.73 Å². The molecule has 2 aromatic carbocycles. The zero-order chi connectivity index (χ0) is 13.4. The van der Waals surface area contributed by atoms with Crippen LogP contribution in [0.1, 0.15) is 5.56 Å². The van der Waals surface area contributed by atoms with Crippen LogP contribution in [0.3, 0.4) is 0 Å². The van der Waals surface area contributed by atoms with E-state index in [9.17, 15) is 8.78 Å². The lowest BCUT2D eigenvalue weighted by Gasteiger charge is -2.07. The highest BCUT2D eigenvalue weighted by molar-refractivity contribution is 5.78. The lowest BCUT2D eigenvalue weighted by Crippen LogP contribution is -2.06. The van der Waals surface area contributed by atoms with E-state index in [1.807, 2.05) is 0 Å². The van der Waals surface area contributed by atoms with Crippen LogP contribution in [-0.2, 0) is 6.54 Å². The van der Waals surface area contributed by atoms with Crippen molar-refractivity contribution in [2.24, 2.45) is 0 Å². The van der Waals surface area contributed by atoms with Crippen molar-refractivity contribution in [1.82, 2.24) is 9.55 Å². The molecule has 0 radical (unpaired) electrons. The van der Waals surface area contributed by atoms with E-state index in [-0.39, 0.29) is 24.1 Å². The number of nitrogens with zero attached hydrogens (tertiary/aromatic N) is 2. The van der Waals surface area contributed by atoms with Crippen molar-refractivity contribution in [3.8, 4) is 0 Å². The van der Waals surface area contributed by atoms with Crippen molar-refractivity contribution in [1.29, 1.82) is 0 Å². The minimum atomic E-state index is -0.373. The predicted octanol–water partition coefficient (Wildman–Crippen LogP) is 2.95. The monoisotopic (exact) mass is 259 g/mol. The molecule has 0 saturated carbocycles. The normalized spacial score (nSPS) is 11.1. The molecule has 0 fully saturated rings. The largest absolute Gasteiger partial charge is 0.369 e. The van der Waals surface area contributed by atoms with Crippen molar-refractivity contribution >= 4 is 17.0 Å². The van der Waals surface area contributed by atoms with Crippen LogP contribution in [-0.4, -0.2) is 9.55 Å². The van der Waals surface area contributed by atoms with Gasteiger partial charge >= 0.3 is 0 Å². The number of benzene rings is 2. The van der Waals surface area contributed by atoms with Crippen LogP contribution in [0.4, 0.5) is 14.7 Å². The molecular weight excluding hydrogens is 248 g/mol. The average Bonchev–Trinajstić information content (AvgIpc) is 2.69. The first-order valence-electron chi connectivity index (χ1n) is 5.80. The maximum absolute atomic E-state index is 13.6. The summed E-state index contributed by atoms with van der Waals surface area (Å²) in [6, 6.07) is 10.6. The quantitative estimate of drug-likeness (QED) is 0.769. The first-order chi connectivity index (χ1) is 9.15. The van der Waals surface area contributed by atoms with E-state index in [1.54, 1.807) is 28.8 Å². The Bertz CT molecular complexity index is 750. The van der Waals surface area contributed by atoms with Crippen molar-refractivity contribution < 1.29 is 8.78 Å². The van der Waals surface area contributed by atoms with E-state index < -0.39 is 0 Å². The highest BCUT2D eigenvalue weighted by Crippen LogP contribution is 2.21. The number of nitrogens with two attached hydrogens (primary N) is 1. The molecule has 0 aliphatic heterocycles. The Morgan fingerprint density at radius 3 is 2.68 bits per heavy atom. The second-order valence-corrected chi connectivity index (χ2v) is 4.28. The van der Waals surface area contributed by atoms with Gasteiger partial charge in [-0.25, -0.2) is 13.8 Å². The van der Waals surface area contributed by atoms with Gasteiger partial charge in [-0.15, -0.1) is 0 Å². The number of anilines is 1. The molecule has 0 amide bonds. The van der Waals surface area contributed by atoms with Crippen LogP contribution in [0.2, 0.25) is 0 Å². The Labute approximate surface area is 108 Å². The van der Waals surface area contributed by atoms with E-state index in [1.165, 1.54) is 18.2 Å². The molecule has 2 N–H and O–H groups in total. The summed E-state index contributed by atoms with van der Waals surface area (Å²) in [5.41, 5.74) is 7.44. The molecular formula is C14H11F2N3. The zero-order valence-corrected chi connectivity index (χ0v) is 9.98. The Balaban J connectivity index is 2.12. The summed E-state index contributed by atoms with van der Waals surface area (Å²) in [6.45, 7) is 0.221. The standard InChI is InChI=1S/C14H11F2N3/c15-10-5-6-12-13(7-10)19(14(17)18-12)8-9-3-1-2-4-11(9)16/h1-7H,8H2,(H2,17,18). The molecule has 0 aliphatic carbocycles. The molecule has 0 bridgehead atoms. The fourth-order valence-corrected chi connectivity index (χ4v) is 2.08. The number of nitrogen functional groups attached to an aromatic ring is 1. The number of hydrogen-bond acceptors (Lipinski definition) is 2. The maximum atomic E-state index is 13.6. The van der Waals surface area contributed by atoms with Gasteiger partial charge in [-0.05, 0) is 24.3 Å². The number of fused-ring (bicyclic) bond motifs is 1. The zero-order valence-electron chi connectivity index (χ0n) is 9.98. The number of aromatic nitrogens is 2. The molecule has 96 valence electrons. The van der Waals surface area contributed by atoms with Gasteiger partial charge in [0.1, 0.15) is 11.6 Å². The molecule has 1 aromatic heterocycles. The molecule has 3 nitrogen and oxygen atoms in total. The minimum absolute atomic E-state index is 0.221. The van der Waals surface area contributed by atoms with Gasteiger partial charge in [0.25, 0.3) is 0 Å². The molecule has 0 saturated heterocycles. The fraction of sp³-hybridized carbons (Fsp3) is 0.0714. The predicted molar refractivity (Wildman–Crippen MR) is 69.6 cm³/mol. The lowest BCUT2D eigenvalue weighted by molar-refractivity contribution is 0.602. The summed E-state index contributed by atoms with van der Waals surface area (Å²) in [5, 5.41) is 0. The van der Waals surface area contributed by atoms with Gasteiger partial charge in [0.2, 0.25) is 5.95 Å². The van der Waals surface area contributed by atoms with E-state index in [0.717, 1.165) is 0 Å². The number of rotatable bonds is 2. The Kier molecular flexibility index (Phi) is 2.67. The van der Waals surface area contributed by atoms with Crippen LogP contribution in [0.5, 0.6) is 0 Å². The second kappa shape index (κ2) is 4.35. The molecule has 5 heteroatoms. The molecule has 0 unspecified atom stereocenters. The number of imidazole rings is 1. The Morgan fingerprint density at radius 1 is 1.11 bits per heavy atom. The molecule has 1 heterocycles. The summed E-state index contributed by atoms with van der Waals surface area (Å²) in [4.78, 5) is 4.13. The van der Waals surface area contributed by atoms with Crippen molar-refractivity contribution in [2.75, 3.05) is 5.73 Å². The third-order valence-electron chi connectivity index (χ3n) is 3.03. The highest BCUT2D eigenvalue weighted by atomic mass is 19.1. The average molecular weight is 259 g/mol. The summed E-state index contributed by atoms with van der Waals surface area (Å²) < 4.78 is 28.5. The maximum Gasteiger partial charge on any atom is 0.201 e. The van der Waals surface area contributed by atoms with Crippen molar-refractivity contribution in [3.63, 3.8) is 0 Å². The third kappa shape index (κ3) is 2.03. The summed E-state index contributed by atoms with van der Waals surface area (Å²) in [6.07, 6.45) is 0. The van der Waals surface area contributed by atoms with Gasteiger partial charge < -0.3 is 10.3 Å². The minimum Gasteiger partial charge on any atom is -0.369 e. The first-order valence-corrected chi connectivity index (χ1v) is 5.80. The van der Waals surface area contributed by atoms with Crippen LogP contribution in [0, 0.1) is 11.6 Å². The molecule has 19 heavy (non-hydrogen) atoms. The summed E-state index contributed by atoms with van der Waals surface area (Å²) in [7, 11) is 0. The number of halogens is 2. The number of hydrogen-bond donors (Lipinski definition) is 1. The van der Waals surface area contributed by atoms with Crippen LogP contribution >= 0.6 is 0 Å². The highest BCUT2D eigenvalue weighted by Gasteiger charge is 2.11.